The van der Waals surface area contributed by atoms with Crippen LogP contribution in [0, 0.1) is 11.3 Å². The van der Waals surface area contributed by atoms with E-state index in [4.69, 9.17) is 10.00 Å². The first-order valence-electron chi connectivity index (χ1n) is 7.58. The standard InChI is InChI=1S/C19H20N2O/c1-2-3-4-5-6-13-22-19-11-8-16(9-12-19)17-7-10-18(14-20)21-15-17/h5-12,15H,2-4,13H2,1H3/b6-5+. The maximum absolute atomic E-state index is 8.75. The first kappa shape index (κ1) is 15.8. The molecule has 0 unspecified atom stereocenters. The molecule has 0 atom stereocenters. The van der Waals surface area contributed by atoms with Crippen LogP contribution in [-0.4, -0.2) is 11.6 Å². The Morgan fingerprint density at radius 1 is 1.09 bits per heavy atom. The lowest BCUT2D eigenvalue weighted by Gasteiger charge is -2.05. The summed E-state index contributed by atoms with van der Waals surface area (Å²) in [5, 5.41) is 8.75. The van der Waals surface area contributed by atoms with E-state index in [0.717, 1.165) is 23.3 Å². The van der Waals surface area contributed by atoms with Gasteiger partial charge in [0.1, 0.15) is 24.1 Å². The van der Waals surface area contributed by atoms with Crippen molar-refractivity contribution in [3.8, 4) is 22.9 Å². The van der Waals surface area contributed by atoms with Gasteiger partial charge in [0, 0.05) is 11.8 Å². The Bertz CT molecular complexity index is 637. The molecule has 1 aromatic carbocycles. The minimum absolute atomic E-state index is 0.429. The number of nitriles is 1. The lowest BCUT2D eigenvalue weighted by molar-refractivity contribution is 0.362. The highest BCUT2D eigenvalue weighted by Crippen LogP contribution is 2.21. The van der Waals surface area contributed by atoms with Crippen LogP contribution in [0.25, 0.3) is 11.1 Å². The third kappa shape index (κ3) is 4.75. The second-order valence-corrected chi connectivity index (χ2v) is 4.99. The van der Waals surface area contributed by atoms with E-state index >= 15 is 0 Å². The summed E-state index contributed by atoms with van der Waals surface area (Å²) in [5.41, 5.74) is 2.48. The van der Waals surface area contributed by atoms with Gasteiger partial charge in [-0.3, -0.25) is 0 Å². The molecule has 1 heterocycles. The van der Waals surface area contributed by atoms with Crippen LogP contribution >= 0.6 is 0 Å². The van der Waals surface area contributed by atoms with E-state index in [1.54, 1.807) is 12.3 Å². The molecule has 112 valence electrons. The zero-order chi connectivity index (χ0) is 15.6. The van der Waals surface area contributed by atoms with Crippen LogP contribution in [0.1, 0.15) is 31.9 Å². The maximum atomic E-state index is 8.75. The Morgan fingerprint density at radius 3 is 2.50 bits per heavy atom. The largest absolute Gasteiger partial charge is 0.490 e. The molecule has 0 aliphatic heterocycles. The summed E-state index contributed by atoms with van der Waals surface area (Å²) in [6, 6.07) is 13.5. The van der Waals surface area contributed by atoms with Gasteiger partial charge in [-0.05, 0) is 36.2 Å². The molecule has 1 aromatic heterocycles. The highest BCUT2D eigenvalue weighted by atomic mass is 16.5. The van der Waals surface area contributed by atoms with Crippen molar-refractivity contribution in [2.45, 2.75) is 26.2 Å². The van der Waals surface area contributed by atoms with Gasteiger partial charge in [0.15, 0.2) is 0 Å². The Hall–Kier alpha value is -2.60. The maximum Gasteiger partial charge on any atom is 0.140 e. The van der Waals surface area contributed by atoms with Crippen LogP contribution in [-0.2, 0) is 0 Å². The van der Waals surface area contributed by atoms with Gasteiger partial charge in [0.2, 0.25) is 0 Å². The Morgan fingerprint density at radius 2 is 1.86 bits per heavy atom. The van der Waals surface area contributed by atoms with E-state index in [0.29, 0.717) is 12.3 Å². The number of pyridine rings is 1. The molecule has 0 spiro atoms. The molecule has 0 amide bonds. The molecule has 0 aliphatic carbocycles. The van der Waals surface area contributed by atoms with Crippen LogP contribution in [0.15, 0.2) is 54.7 Å². The molecule has 0 bridgehead atoms. The first-order valence-corrected chi connectivity index (χ1v) is 7.58. The van der Waals surface area contributed by atoms with Crippen LogP contribution in [0.4, 0.5) is 0 Å². The van der Waals surface area contributed by atoms with Gasteiger partial charge in [-0.1, -0.05) is 44.1 Å². The van der Waals surface area contributed by atoms with Crippen molar-refractivity contribution < 1.29 is 4.74 Å². The van der Waals surface area contributed by atoms with Crippen LogP contribution in [0.2, 0.25) is 0 Å². The summed E-state index contributed by atoms with van der Waals surface area (Å²) in [7, 11) is 0. The molecule has 22 heavy (non-hydrogen) atoms. The molecule has 0 saturated heterocycles. The summed E-state index contributed by atoms with van der Waals surface area (Å²) in [4.78, 5) is 4.08. The summed E-state index contributed by atoms with van der Waals surface area (Å²) in [6.07, 6.45) is 9.50. The molecular formula is C19H20N2O. The van der Waals surface area contributed by atoms with Gasteiger partial charge in [-0.2, -0.15) is 5.26 Å². The SMILES string of the molecule is CCCC/C=C/COc1ccc(-c2ccc(C#N)nc2)cc1. The third-order valence-electron chi connectivity index (χ3n) is 3.30. The van der Waals surface area contributed by atoms with Crippen LogP contribution in [0.3, 0.4) is 0 Å². The topological polar surface area (TPSA) is 45.9 Å². The lowest BCUT2D eigenvalue weighted by atomic mass is 10.1. The molecule has 3 heteroatoms. The Kier molecular flexibility index (Phi) is 6.19. The average molecular weight is 292 g/mol. The third-order valence-corrected chi connectivity index (χ3v) is 3.30. The normalized spacial score (nSPS) is 10.5. The van der Waals surface area contributed by atoms with Gasteiger partial charge >= 0.3 is 0 Å². The molecule has 0 N–H and O–H groups in total. The number of ether oxygens (including phenoxy) is 1. The first-order chi connectivity index (χ1) is 10.8. The van der Waals surface area contributed by atoms with Gasteiger partial charge < -0.3 is 4.74 Å². The second kappa shape index (κ2) is 8.63. The smallest absolute Gasteiger partial charge is 0.140 e. The van der Waals surface area contributed by atoms with E-state index in [1.165, 1.54) is 12.8 Å². The number of hydrogen-bond donors (Lipinski definition) is 0. The number of nitrogens with zero attached hydrogens (tertiary/aromatic N) is 2. The zero-order valence-corrected chi connectivity index (χ0v) is 12.8. The molecule has 2 rings (SSSR count). The number of aromatic nitrogens is 1. The summed E-state index contributed by atoms with van der Waals surface area (Å²) >= 11 is 0. The van der Waals surface area contributed by atoms with E-state index in [9.17, 15) is 0 Å². The molecule has 0 fully saturated rings. The van der Waals surface area contributed by atoms with Crippen molar-refractivity contribution in [1.29, 1.82) is 5.26 Å². The van der Waals surface area contributed by atoms with Gasteiger partial charge in [-0.25, -0.2) is 4.98 Å². The molecule has 2 aromatic rings. The van der Waals surface area contributed by atoms with E-state index in [-0.39, 0.29) is 0 Å². The summed E-state index contributed by atoms with van der Waals surface area (Å²) in [5.74, 6) is 0.852. The highest BCUT2D eigenvalue weighted by Gasteiger charge is 2.00. The Balaban J connectivity index is 1.89. The fourth-order valence-corrected chi connectivity index (χ4v) is 2.03. The number of unbranched alkanes of at least 4 members (excludes halogenated alkanes) is 2. The minimum atomic E-state index is 0.429. The predicted molar refractivity (Wildman–Crippen MR) is 88.5 cm³/mol. The average Bonchev–Trinajstić information content (AvgIpc) is 2.59. The van der Waals surface area contributed by atoms with Crippen molar-refractivity contribution in [3.05, 3.63) is 60.4 Å². The fraction of sp³-hybridized carbons (Fsp3) is 0.263. The predicted octanol–water partition coefficient (Wildman–Crippen LogP) is 4.75. The van der Waals surface area contributed by atoms with Crippen molar-refractivity contribution in [3.63, 3.8) is 0 Å². The van der Waals surface area contributed by atoms with Crippen molar-refractivity contribution in [2.75, 3.05) is 6.61 Å². The van der Waals surface area contributed by atoms with Crippen molar-refractivity contribution in [2.24, 2.45) is 0 Å². The molecular weight excluding hydrogens is 272 g/mol. The molecule has 0 saturated carbocycles. The number of allylic oxidation sites excluding steroid dienone is 1. The van der Waals surface area contributed by atoms with Crippen molar-refractivity contribution in [1.82, 2.24) is 4.98 Å². The van der Waals surface area contributed by atoms with E-state index in [1.807, 2.05) is 36.4 Å². The van der Waals surface area contributed by atoms with Gasteiger partial charge in [-0.15, -0.1) is 0 Å². The Labute approximate surface area is 131 Å². The highest BCUT2D eigenvalue weighted by molar-refractivity contribution is 5.63. The lowest BCUT2D eigenvalue weighted by Crippen LogP contribution is -1.93. The zero-order valence-electron chi connectivity index (χ0n) is 12.8. The van der Waals surface area contributed by atoms with Gasteiger partial charge in [0.25, 0.3) is 0 Å². The summed E-state index contributed by atoms with van der Waals surface area (Å²) < 4.78 is 5.67. The number of benzene rings is 1. The van der Waals surface area contributed by atoms with Crippen LogP contribution < -0.4 is 4.74 Å². The molecule has 3 nitrogen and oxygen atoms in total. The monoisotopic (exact) mass is 292 g/mol. The van der Waals surface area contributed by atoms with Crippen LogP contribution in [0.5, 0.6) is 5.75 Å². The number of hydrogen-bond acceptors (Lipinski definition) is 3. The van der Waals surface area contributed by atoms with Crippen molar-refractivity contribution >= 4 is 0 Å². The van der Waals surface area contributed by atoms with E-state index < -0.39 is 0 Å². The minimum Gasteiger partial charge on any atom is -0.490 e. The van der Waals surface area contributed by atoms with Gasteiger partial charge in [0.05, 0.1) is 0 Å². The quantitative estimate of drug-likeness (QED) is 0.546. The molecule has 0 aliphatic rings. The fourth-order valence-electron chi connectivity index (χ4n) is 2.03. The second-order valence-electron chi connectivity index (χ2n) is 4.99. The molecule has 0 radical (unpaired) electrons. The number of rotatable bonds is 7. The van der Waals surface area contributed by atoms with E-state index in [2.05, 4.69) is 24.1 Å². The summed E-state index contributed by atoms with van der Waals surface area (Å²) in [6.45, 7) is 2.79.